The maximum atomic E-state index is 13.8. The first-order valence-electron chi connectivity index (χ1n) is 11.2. The molecule has 2 aromatic heterocycles. The van der Waals surface area contributed by atoms with E-state index in [0.717, 1.165) is 41.8 Å². The standard InChI is InChI=1S/C24H30FN5O2/c1-16-20(9-10-21(31)26-11-14-29-12-4-5-13-29)24(32-3)27-23-22(16)17(2)28-30(23)19-8-6-7-18(25)15-19/h6-8,15H,4-5,9-14H2,1-3H3,(H,26,31). The van der Waals surface area contributed by atoms with Gasteiger partial charge >= 0.3 is 0 Å². The molecular formula is C24H30FN5O2. The molecular weight excluding hydrogens is 409 g/mol. The molecule has 32 heavy (non-hydrogen) atoms. The second-order valence-electron chi connectivity index (χ2n) is 8.30. The van der Waals surface area contributed by atoms with E-state index in [-0.39, 0.29) is 11.7 Å². The molecule has 7 nitrogen and oxygen atoms in total. The quantitative estimate of drug-likeness (QED) is 0.583. The zero-order valence-electron chi connectivity index (χ0n) is 18.9. The number of amides is 1. The topological polar surface area (TPSA) is 72.3 Å². The largest absolute Gasteiger partial charge is 0.481 e. The second-order valence-corrected chi connectivity index (χ2v) is 8.30. The van der Waals surface area contributed by atoms with E-state index in [1.165, 1.54) is 25.0 Å². The van der Waals surface area contributed by atoms with Crippen LogP contribution < -0.4 is 10.1 Å². The molecule has 8 heteroatoms. The smallest absolute Gasteiger partial charge is 0.220 e. The van der Waals surface area contributed by atoms with Crippen molar-refractivity contribution in [3.63, 3.8) is 0 Å². The minimum absolute atomic E-state index is 0.0259. The van der Waals surface area contributed by atoms with Crippen molar-refractivity contribution in [1.82, 2.24) is 25.0 Å². The summed E-state index contributed by atoms with van der Waals surface area (Å²) in [5, 5.41) is 8.52. The number of carbonyl (C=O) groups excluding carboxylic acids is 1. The average molecular weight is 440 g/mol. The molecule has 1 aliphatic rings. The van der Waals surface area contributed by atoms with Gasteiger partial charge in [-0.3, -0.25) is 4.79 Å². The summed E-state index contributed by atoms with van der Waals surface area (Å²) in [6.07, 6.45) is 3.38. The van der Waals surface area contributed by atoms with Crippen LogP contribution in [0.25, 0.3) is 16.7 Å². The van der Waals surface area contributed by atoms with Gasteiger partial charge in [0.15, 0.2) is 5.65 Å². The molecule has 1 amide bonds. The normalized spacial score (nSPS) is 14.2. The van der Waals surface area contributed by atoms with E-state index in [2.05, 4.69) is 15.3 Å². The van der Waals surface area contributed by atoms with Crippen molar-refractivity contribution in [1.29, 1.82) is 0 Å². The van der Waals surface area contributed by atoms with Crippen LogP contribution in [-0.2, 0) is 11.2 Å². The highest BCUT2D eigenvalue weighted by Gasteiger charge is 2.20. The van der Waals surface area contributed by atoms with E-state index in [1.807, 2.05) is 13.8 Å². The van der Waals surface area contributed by atoms with Crippen LogP contribution in [0.4, 0.5) is 4.39 Å². The summed E-state index contributed by atoms with van der Waals surface area (Å²) >= 11 is 0. The third-order valence-corrected chi connectivity index (χ3v) is 6.13. The Labute approximate surface area is 187 Å². The first-order chi connectivity index (χ1) is 15.5. The summed E-state index contributed by atoms with van der Waals surface area (Å²) in [6, 6.07) is 6.26. The number of nitrogens with one attached hydrogen (secondary N) is 1. The number of methoxy groups -OCH3 is 1. The van der Waals surface area contributed by atoms with E-state index >= 15 is 0 Å². The number of fused-ring (bicyclic) bond motifs is 1. The molecule has 0 aliphatic carbocycles. The van der Waals surface area contributed by atoms with E-state index in [0.29, 0.717) is 36.6 Å². The van der Waals surface area contributed by atoms with Crippen LogP contribution >= 0.6 is 0 Å². The Morgan fingerprint density at radius 3 is 2.75 bits per heavy atom. The van der Waals surface area contributed by atoms with Gasteiger partial charge in [0, 0.05) is 30.5 Å². The molecule has 0 radical (unpaired) electrons. The van der Waals surface area contributed by atoms with Crippen LogP contribution in [0.1, 0.15) is 36.1 Å². The lowest BCUT2D eigenvalue weighted by molar-refractivity contribution is -0.121. The van der Waals surface area contributed by atoms with Gasteiger partial charge in [0.05, 0.1) is 18.5 Å². The summed E-state index contributed by atoms with van der Waals surface area (Å²) in [4.78, 5) is 19.5. The maximum Gasteiger partial charge on any atom is 0.220 e. The lowest BCUT2D eigenvalue weighted by Gasteiger charge is -2.15. The van der Waals surface area contributed by atoms with E-state index in [9.17, 15) is 9.18 Å². The molecule has 0 bridgehead atoms. The number of hydrogen-bond acceptors (Lipinski definition) is 5. The fourth-order valence-corrected chi connectivity index (χ4v) is 4.47. The highest BCUT2D eigenvalue weighted by molar-refractivity contribution is 5.86. The first-order valence-corrected chi connectivity index (χ1v) is 11.2. The number of aryl methyl sites for hydroxylation is 2. The molecule has 0 atom stereocenters. The van der Waals surface area contributed by atoms with Gasteiger partial charge in [-0.25, -0.2) is 9.07 Å². The second kappa shape index (κ2) is 9.65. The van der Waals surface area contributed by atoms with Gasteiger partial charge < -0.3 is 15.0 Å². The summed E-state index contributed by atoms with van der Waals surface area (Å²) in [7, 11) is 1.57. The summed E-state index contributed by atoms with van der Waals surface area (Å²) in [5.74, 6) is 0.162. The minimum Gasteiger partial charge on any atom is -0.481 e. The van der Waals surface area contributed by atoms with Crippen LogP contribution in [0.2, 0.25) is 0 Å². The summed E-state index contributed by atoms with van der Waals surface area (Å²) < 4.78 is 21.0. The monoisotopic (exact) mass is 439 g/mol. The molecule has 1 aliphatic heterocycles. The molecule has 3 heterocycles. The van der Waals surface area contributed by atoms with Gasteiger partial charge in [-0.1, -0.05) is 6.07 Å². The van der Waals surface area contributed by atoms with E-state index in [1.54, 1.807) is 23.9 Å². The number of pyridine rings is 1. The van der Waals surface area contributed by atoms with Crippen LogP contribution in [-0.4, -0.2) is 58.9 Å². The van der Waals surface area contributed by atoms with Crippen molar-refractivity contribution < 1.29 is 13.9 Å². The number of nitrogens with zero attached hydrogens (tertiary/aromatic N) is 4. The van der Waals surface area contributed by atoms with Gasteiger partial charge in [0.2, 0.25) is 11.8 Å². The third kappa shape index (κ3) is 4.60. The Morgan fingerprint density at radius 1 is 1.25 bits per heavy atom. The Balaban J connectivity index is 1.53. The predicted octanol–water partition coefficient (Wildman–Crippen LogP) is 3.33. The van der Waals surface area contributed by atoms with Crippen molar-refractivity contribution in [3.05, 3.63) is 46.9 Å². The van der Waals surface area contributed by atoms with Crippen molar-refractivity contribution >= 4 is 16.9 Å². The molecule has 3 aromatic rings. The highest BCUT2D eigenvalue weighted by atomic mass is 19.1. The third-order valence-electron chi connectivity index (χ3n) is 6.13. The maximum absolute atomic E-state index is 13.8. The molecule has 4 rings (SSSR count). The zero-order chi connectivity index (χ0) is 22.7. The predicted molar refractivity (Wildman–Crippen MR) is 122 cm³/mol. The highest BCUT2D eigenvalue weighted by Crippen LogP contribution is 2.31. The van der Waals surface area contributed by atoms with Gasteiger partial charge in [-0.05, 0) is 70.0 Å². The molecule has 1 saturated heterocycles. The number of halogens is 1. The zero-order valence-corrected chi connectivity index (χ0v) is 18.9. The van der Waals surface area contributed by atoms with E-state index in [4.69, 9.17) is 9.72 Å². The Bertz CT molecular complexity index is 1120. The SMILES string of the molecule is COc1nc2c(c(C)nn2-c2cccc(F)c2)c(C)c1CCC(=O)NCCN1CCCC1. The molecule has 0 saturated carbocycles. The van der Waals surface area contributed by atoms with Gasteiger partial charge in [0.25, 0.3) is 0 Å². The Kier molecular flexibility index (Phi) is 6.69. The van der Waals surface area contributed by atoms with Crippen molar-refractivity contribution in [2.24, 2.45) is 0 Å². The summed E-state index contributed by atoms with van der Waals surface area (Å²) in [5.41, 5.74) is 3.89. The summed E-state index contributed by atoms with van der Waals surface area (Å²) in [6.45, 7) is 7.74. The molecule has 1 aromatic carbocycles. The minimum atomic E-state index is -0.333. The number of carbonyl (C=O) groups is 1. The number of rotatable bonds is 8. The number of ether oxygens (including phenoxy) is 1. The fourth-order valence-electron chi connectivity index (χ4n) is 4.47. The molecule has 1 N–H and O–H groups in total. The van der Waals surface area contributed by atoms with Crippen molar-refractivity contribution in [3.8, 4) is 11.6 Å². The Hall–Kier alpha value is -3.00. The van der Waals surface area contributed by atoms with Gasteiger partial charge in [-0.2, -0.15) is 10.1 Å². The van der Waals surface area contributed by atoms with Crippen LogP contribution in [0.15, 0.2) is 24.3 Å². The Morgan fingerprint density at radius 2 is 2.03 bits per heavy atom. The molecule has 1 fully saturated rings. The van der Waals surface area contributed by atoms with E-state index < -0.39 is 0 Å². The lowest BCUT2D eigenvalue weighted by atomic mass is 10.0. The number of aromatic nitrogens is 3. The number of likely N-dealkylation sites (tertiary alicyclic amines) is 1. The van der Waals surface area contributed by atoms with Gasteiger partial charge in [-0.15, -0.1) is 0 Å². The molecule has 170 valence electrons. The number of benzene rings is 1. The van der Waals surface area contributed by atoms with Crippen molar-refractivity contribution in [2.75, 3.05) is 33.3 Å². The van der Waals surface area contributed by atoms with Crippen LogP contribution in [0.5, 0.6) is 5.88 Å². The number of hydrogen-bond donors (Lipinski definition) is 1. The average Bonchev–Trinajstić information content (AvgIpc) is 3.40. The molecule has 0 unspecified atom stereocenters. The first kappa shape index (κ1) is 22.2. The van der Waals surface area contributed by atoms with Crippen LogP contribution in [0, 0.1) is 19.7 Å². The van der Waals surface area contributed by atoms with Gasteiger partial charge in [0.1, 0.15) is 5.82 Å². The molecule has 0 spiro atoms. The van der Waals surface area contributed by atoms with Crippen molar-refractivity contribution in [2.45, 2.75) is 39.5 Å². The van der Waals surface area contributed by atoms with Crippen LogP contribution in [0.3, 0.4) is 0 Å². The fraction of sp³-hybridized carbons (Fsp3) is 0.458. The lowest BCUT2D eigenvalue weighted by Crippen LogP contribution is -2.33.